The Morgan fingerprint density at radius 1 is 1.17 bits per heavy atom. The van der Waals surface area contributed by atoms with Crippen LogP contribution in [0, 0.1) is 11.7 Å². The average Bonchev–Trinajstić information content (AvgIpc) is 3.32. The SMILES string of the molecule is CN1C(=O)CC(C(=O)Nc2cnn(CCc3ccccc3)c2)C1c1ccc(F)cc1. The predicted octanol–water partition coefficient (Wildman–Crippen LogP) is 3.42. The number of hydrogen-bond acceptors (Lipinski definition) is 3. The minimum absolute atomic E-state index is 0.108. The molecule has 2 amide bonds. The van der Waals surface area contributed by atoms with E-state index in [0.29, 0.717) is 12.2 Å². The second kappa shape index (κ2) is 8.49. The maximum atomic E-state index is 13.3. The topological polar surface area (TPSA) is 67.2 Å². The Bertz CT molecular complexity index is 1030. The van der Waals surface area contributed by atoms with Gasteiger partial charge in [0.25, 0.3) is 0 Å². The molecule has 1 fully saturated rings. The highest BCUT2D eigenvalue weighted by Gasteiger charge is 2.42. The van der Waals surface area contributed by atoms with Crippen LogP contribution in [0.15, 0.2) is 67.0 Å². The van der Waals surface area contributed by atoms with Gasteiger partial charge in [0.05, 0.1) is 23.8 Å². The molecule has 0 bridgehead atoms. The van der Waals surface area contributed by atoms with Crippen molar-refractivity contribution >= 4 is 17.5 Å². The Labute approximate surface area is 174 Å². The fourth-order valence-electron chi connectivity index (χ4n) is 3.89. The smallest absolute Gasteiger partial charge is 0.230 e. The summed E-state index contributed by atoms with van der Waals surface area (Å²) in [5.74, 6) is -1.26. The molecule has 30 heavy (non-hydrogen) atoms. The van der Waals surface area contributed by atoms with E-state index >= 15 is 0 Å². The number of hydrogen-bond donors (Lipinski definition) is 1. The van der Waals surface area contributed by atoms with Gasteiger partial charge in [0.15, 0.2) is 0 Å². The van der Waals surface area contributed by atoms with Crippen molar-refractivity contribution in [2.45, 2.75) is 25.4 Å². The second-order valence-electron chi connectivity index (χ2n) is 7.53. The van der Waals surface area contributed by atoms with Crippen molar-refractivity contribution in [3.05, 3.63) is 83.9 Å². The van der Waals surface area contributed by atoms with E-state index in [1.54, 1.807) is 41.2 Å². The first-order chi connectivity index (χ1) is 14.5. The number of aryl methyl sites for hydroxylation is 2. The lowest BCUT2D eigenvalue weighted by Gasteiger charge is -2.24. The van der Waals surface area contributed by atoms with Crippen molar-refractivity contribution in [3.63, 3.8) is 0 Å². The predicted molar refractivity (Wildman–Crippen MR) is 111 cm³/mol. The van der Waals surface area contributed by atoms with E-state index in [2.05, 4.69) is 22.5 Å². The number of amides is 2. The molecule has 1 aliphatic heterocycles. The molecule has 1 aromatic heterocycles. The number of carbonyl (C=O) groups excluding carboxylic acids is 2. The third kappa shape index (κ3) is 4.25. The quantitative estimate of drug-likeness (QED) is 0.682. The molecule has 2 atom stereocenters. The number of aromatic nitrogens is 2. The van der Waals surface area contributed by atoms with Crippen molar-refractivity contribution in [1.29, 1.82) is 0 Å². The van der Waals surface area contributed by atoms with Crippen LogP contribution in [0.3, 0.4) is 0 Å². The number of nitrogens with one attached hydrogen (secondary N) is 1. The van der Waals surface area contributed by atoms with Crippen LogP contribution in [-0.4, -0.2) is 33.5 Å². The van der Waals surface area contributed by atoms with Gasteiger partial charge in [0, 0.05) is 26.2 Å². The third-order valence-electron chi connectivity index (χ3n) is 5.51. The van der Waals surface area contributed by atoms with Crippen LogP contribution >= 0.6 is 0 Å². The lowest BCUT2D eigenvalue weighted by molar-refractivity contribution is -0.127. The molecule has 2 heterocycles. The second-order valence-corrected chi connectivity index (χ2v) is 7.53. The molecule has 1 aliphatic rings. The van der Waals surface area contributed by atoms with E-state index in [4.69, 9.17) is 0 Å². The van der Waals surface area contributed by atoms with Gasteiger partial charge in [-0.3, -0.25) is 14.3 Å². The number of likely N-dealkylation sites (tertiary alicyclic amines) is 1. The van der Waals surface area contributed by atoms with Crippen LogP contribution in [0.4, 0.5) is 10.1 Å². The van der Waals surface area contributed by atoms with E-state index in [9.17, 15) is 14.0 Å². The molecule has 1 N–H and O–H groups in total. The standard InChI is InChI=1S/C23H23FN4O2/c1-27-21(29)13-20(22(27)17-7-9-18(24)10-8-17)23(30)26-19-14-25-28(15-19)12-11-16-5-3-2-4-6-16/h2-10,14-15,20,22H,11-13H2,1H3,(H,26,30). The first-order valence-corrected chi connectivity index (χ1v) is 9.89. The molecule has 0 radical (unpaired) electrons. The summed E-state index contributed by atoms with van der Waals surface area (Å²) in [4.78, 5) is 26.8. The van der Waals surface area contributed by atoms with Crippen molar-refractivity contribution in [2.24, 2.45) is 5.92 Å². The van der Waals surface area contributed by atoms with Crippen LogP contribution in [0.25, 0.3) is 0 Å². The number of anilines is 1. The zero-order valence-corrected chi connectivity index (χ0v) is 16.7. The monoisotopic (exact) mass is 406 g/mol. The molecule has 3 aromatic rings. The lowest BCUT2D eigenvalue weighted by atomic mass is 9.93. The van der Waals surface area contributed by atoms with Crippen LogP contribution in [0.1, 0.15) is 23.6 Å². The van der Waals surface area contributed by atoms with Gasteiger partial charge in [-0.2, -0.15) is 5.10 Å². The van der Waals surface area contributed by atoms with Gasteiger partial charge >= 0.3 is 0 Å². The van der Waals surface area contributed by atoms with Gasteiger partial charge in [-0.15, -0.1) is 0 Å². The molecule has 4 rings (SSSR count). The van der Waals surface area contributed by atoms with E-state index in [1.807, 2.05) is 18.2 Å². The molecule has 6 nitrogen and oxygen atoms in total. The fraction of sp³-hybridized carbons (Fsp3) is 0.261. The number of halogens is 1. The summed E-state index contributed by atoms with van der Waals surface area (Å²) in [6.45, 7) is 0.697. The molecule has 154 valence electrons. The van der Waals surface area contributed by atoms with Gasteiger partial charge in [-0.1, -0.05) is 42.5 Å². The van der Waals surface area contributed by atoms with Crippen LogP contribution < -0.4 is 5.32 Å². The van der Waals surface area contributed by atoms with E-state index in [1.165, 1.54) is 17.7 Å². The summed E-state index contributed by atoms with van der Waals surface area (Å²) in [6.07, 6.45) is 4.35. The Balaban J connectivity index is 1.43. The van der Waals surface area contributed by atoms with Gasteiger partial charge in [-0.05, 0) is 29.7 Å². The Morgan fingerprint density at radius 2 is 1.90 bits per heavy atom. The van der Waals surface area contributed by atoms with Gasteiger partial charge < -0.3 is 10.2 Å². The molecule has 7 heteroatoms. The largest absolute Gasteiger partial charge is 0.338 e. The first-order valence-electron chi connectivity index (χ1n) is 9.89. The van der Waals surface area contributed by atoms with Crippen molar-refractivity contribution in [3.8, 4) is 0 Å². The summed E-state index contributed by atoms with van der Waals surface area (Å²) >= 11 is 0. The normalized spacial score (nSPS) is 18.6. The van der Waals surface area contributed by atoms with Crippen LogP contribution in [0.5, 0.6) is 0 Å². The highest BCUT2D eigenvalue weighted by atomic mass is 19.1. The van der Waals surface area contributed by atoms with Crippen molar-refractivity contribution in [2.75, 3.05) is 12.4 Å². The minimum atomic E-state index is -0.555. The van der Waals surface area contributed by atoms with E-state index < -0.39 is 12.0 Å². The fourth-order valence-corrected chi connectivity index (χ4v) is 3.89. The molecule has 0 spiro atoms. The van der Waals surface area contributed by atoms with Crippen molar-refractivity contribution in [1.82, 2.24) is 14.7 Å². The van der Waals surface area contributed by atoms with Gasteiger partial charge in [0.2, 0.25) is 11.8 Å². The van der Waals surface area contributed by atoms with Crippen molar-refractivity contribution < 1.29 is 14.0 Å². The highest BCUT2D eigenvalue weighted by Crippen LogP contribution is 2.37. The zero-order valence-electron chi connectivity index (χ0n) is 16.7. The van der Waals surface area contributed by atoms with E-state index in [0.717, 1.165) is 12.0 Å². The number of nitrogens with zero attached hydrogens (tertiary/aromatic N) is 3. The van der Waals surface area contributed by atoms with Crippen LogP contribution in [0.2, 0.25) is 0 Å². The zero-order chi connectivity index (χ0) is 21.1. The van der Waals surface area contributed by atoms with Crippen LogP contribution in [-0.2, 0) is 22.6 Å². The molecular formula is C23H23FN4O2. The molecule has 2 aromatic carbocycles. The molecule has 1 saturated heterocycles. The summed E-state index contributed by atoms with van der Waals surface area (Å²) in [6, 6.07) is 15.6. The van der Waals surface area contributed by atoms with Gasteiger partial charge in [-0.25, -0.2) is 4.39 Å². The van der Waals surface area contributed by atoms with Gasteiger partial charge in [0.1, 0.15) is 5.82 Å². The number of rotatable bonds is 6. The molecular weight excluding hydrogens is 383 g/mol. The summed E-state index contributed by atoms with van der Waals surface area (Å²) in [7, 11) is 1.67. The Morgan fingerprint density at radius 3 is 2.63 bits per heavy atom. The number of benzene rings is 2. The highest BCUT2D eigenvalue weighted by molar-refractivity contribution is 5.97. The molecule has 2 unspecified atom stereocenters. The molecule has 0 saturated carbocycles. The summed E-state index contributed by atoms with van der Waals surface area (Å²) in [5.41, 5.74) is 2.55. The Hall–Kier alpha value is -3.48. The first kappa shape index (κ1) is 19.8. The molecule has 0 aliphatic carbocycles. The average molecular weight is 406 g/mol. The summed E-state index contributed by atoms with van der Waals surface area (Å²) < 4.78 is 15.1. The maximum Gasteiger partial charge on any atom is 0.230 e. The minimum Gasteiger partial charge on any atom is -0.338 e. The van der Waals surface area contributed by atoms with E-state index in [-0.39, 0.29) is 24.1 Å². The lowest BCUT2D eigenvalue weighted by Crippen LogP contribution is -2.30. The maximum absolute atomic E-state index is 13.3. The third-order valence-corrected chi connectivity index (χ3v) is 5.51. The number of carbonyl (C=O) groups is 2. The Kier molecular flexibility index (Phi) is 5.61. The summed E-state index contributed by atoms with van der Waals surface area (Å²) in [5, 5.41) is 7.19.